The van der Waals surface area contributed by atoms with Crippen molar-refractivity contribution in [3.63, 3.8) is 0 Å². The Morgan fingerprint density at radius 1 is 1.10 bits per heavy atom. The van der Waals surface area contributed by atoms with E-state index < -0.39 is 18.5 Å². The highest BCUT2D eigenvalue weighted by Gasteiger charge is 2.18. The maximum absolute atomic E-state index is 11.9. The lowest BCUT2D eigenvalue weighted by Gasteiger charge is -2.20. The van der Waals surface area contributed by atoms with Crippen LogP contribution in [0.2, 0.25) is 0 Å². The summed E-state index contributed by atoms with van der Waals surface area (Å²) in [5.74, 6) is 0.319. The normalized spacial score (nSPS) is 12.3. The number of anilines is 1. The highest BCUT2D eigenvalue weighted by molar-refractivity contribution is 5.96. The van der Waals surface area contributed by atoms with Crippen molar-refractivity contribution in [1.82, 2.24) is 0 Å². The van der Waals surface area contributed by atoms with E-state index in [0.29, 0.717) is 47.3 Å². The van der Waals surface area contributed by atoms with Crippen LogP contribution in [0.5, 0.6) is 17.2 Å². The zero-order valence-corrected chi connectivity index (χ0v) is 16.6. The fourth-order valence-corrected chi connectivity index (χ4v) is 2.72. The minimum atomic E-state index is -0.675. The van der Waals surface area contributed by atoms with Crippen LogP contribution in [0.25, 0.3) is 6.08 Å². The lowest BCUT2D eigenvalue weighted by atomic mass is 10.1. The number of benzene rings is 2. The van der Waals surface area contributed by atoms with Crippen LogP contribution >= 0.6 is 0 Å². The van der Waals surface area contributed by atoms with Crippen LogP contribution < -0.4 is 19.5 Å². The molecule has 0 spiro atoms. The van der Waals surface area contributed by atoms with Crippen LogP contribution in [0.1, 0.15) is 22.8 Å². The summed E-state index contributed by atoms with van der Waals surface area (Å²) in [7, 11) is 1.52. The predicted molar refractivity (Wildman–Crippen MR) is 109 cm³/mol. The summed E-state index contributed by atoms with van der Waals surface area (Å²) in [4.78, 5) is 35.1. The van der Waals surface area contributed by atoms with Crippen molar-refractivity contribution in [2.75, 3.05) is 32.2 Å². The molecule has 0 saturated heterocycles. The molecule has 0 atom stereocenters. The van der Waals surface area contributed by atoms with E-state index in [1.807, 2.05) is 0 Å². The molecule has 0 radical (unpaired) electrons. The molecular weight excluding hydrogens is 390 g/mol. The fourth-order valence-electron chi connectivity index (χ4n) is 2.72. The van der Waals surface area contributed by atoms with Crippen molar-refractivity contribution in [1.29, 1.82) is 0 Å². The van der Waals surface area contributed by atoms with Gasteiger partial charge in [-0.15, -0.1) is 0 Å². The number of fused-ring (bicyclic) bond motifs is 1. The number of esters is 1. The van der Waals surface area contributed by atoms with Gasteiger partial charge in [-0.2, -0.15) is 0 Å². The third-order valence-corrected chi connectivity index (χ3v) is 4.18. The van der Waals surface area contributed by atoms with E-state index >= 15 is 0 Å². The molecule has 0 fully saturated rings. The maximum Gasteiger partial charge on any atom is 0.331 e. The van der Waals surface area contributed by atoms with Crippen molar-refractivity contribution in [3.8, 4) is 17.2 Å². The van der Waals surface area contributed by atoms with Gasteiger partial charge < -0.3 is 24.3 Å². The largest absolute Gasteiger partial charge is 0.493 e. The second-order valence-electron chi connectivity index (χ2n) is 6.37. The minimum Gasteiger partial charge on any atom is -0.493 e. The van der Waals surface area contributed by atoms with Crippen LogP contribution in [0.3, 0.4) is 0 Å². The van der Waals surface area contributed by atoms with Gasteiger partial charge in [0.25, 0.3) is 5.91 Å². The molecule has 8 heteroatoms. The number of ketones is 1. The van der Waals surface area contributed by atoms with Crippen molar-refractivity contribution < 1.29 is 33.3 Å². The molecule has 1 aliphatic rings. The second-order valence-corrected chi connectivity index (χ2v) is 6.37. The first-order valence-corrected chi connectivity index (χ1v) is 9.19. The van der Waals surface area contributed by atoms with E-state index in [9.17, 15) is 14.4 Å². The molecule has 8 nitrogen and oxygen atoms in total. The molecule has 0 aliphatic carbocycles. The Bertz CT molecular complexity index is 962. The maximum atomic E-state index is 11.9. The van der Waals surface area contributed by atoms with Crippen LogP contribution in [-0.4, -0.2) is 44.6 Å². The smallest absolute Gasteiger partial charge is 0.331 e. The number of carbonyl (C=O) groups is 3. The summed E-state index contributed by atoms with van der Waals surface area (Å²) >= 11 is 0. The fraction of sp³-hybridized carbons (Fsp3) is 0.227. The number of nitrogens with one attached hydrogen (secondary N) is 1. The van der Waals surface area contributed by atoms with Crippen molar-refractivity contribution in [2.24, 2.45) is 0 Å². The van der Waals surface area contributed by atoms with Gasteiger partial charge in [0.15, 0.2) is 23.9 Å². The lowest BCUT2D eigenvalue weighted by molar-refractivity contribution is -0.142. The van der Waals surface area contributed by atoms with Crippen molar-refractivity contribution in [2.45, 2.75) is 6.92 Å². The molecule has 30 heavy (non-hydrogen) atoms. The second kappa shape index (κ2) is 9.60. The average molecular weight is 411 g/mol. The van der Waals surface area contributed by atoms with Gasteiger partial charge in [-0.25, -0.2) is 4.79 Å². The van der Waals surface area contributed by atoms with Crippen molar-refractivity contribution >= 4 is 29.4 Å². The van der Waals surface area contributed by atoms with E-state index in [1.54, 1.807) is 36.4 Å². The first-order chi connectivity index (χ1) is 14.5. The molecule has 0 saturated carbocycles. The Morgan fingerprint density at radius 3 is 2.53 bits per heavy atom. The number of hydrogen-bond donors (Lipinski definition) is 1. The van der Waals surface area contributed by atoms with Crippen LogP contribution in [0, 0.1) is 0 Å². The molecule has 0 bridgehead atoms. The van der Waals surface area contributed by atoms with E-state index in [0.717, 1.165) is 0 Å². The summed E-state index contributed by atoms with van der Waals surface area (Å²) in [5.41, 5.74) is 1.70. The molecule has 2 aromatic carbocycles. The standard InChI is InChI=1S/C22H21NO7/c1-14(24)16-4-6-17(7-5-16)23-20(25)13-30-21(26)8-3-15-11-18(27-2)22-19(12-15)28-9-10-29-22/h3-8,11-12H,9-10,13H2,1-2H3,(H,23,25)/b8-3+. The Labute approximate surface area is 173 Å². The van der Waals surface area contributed by atoms with E-state index in [-0.39, 0.29) is 5.78 Å². The SMILES string of the molecule is COc1cc(/C=C/C(=O)OCC(=O)Nc2ccc(C(C)=O)cc2)cc2c1OCCO2. The van der Waals surface area contributed by atoms with Gasteiger partial charge in [0.1, 0.15) is 13.2 Å². The van der Waals surface area contributed by atoms with Gasteiger partial charge >= 0.3 is 5.97 Å². The minimum absolute atomic E-state index is 0.0655. The van der Waals surface area contributed by atoms with Gasteiger partial charge in [0.05, 0.1) is 7.11 Å². The molecule has 1 heterocycles. The zero-order chi connectivity index (χ0) is 21.5. The first-order valence-electron chi connectivity index (χ1n) is 9.19. The van der Waals surface area contributed by atoms with Crippen LogP contribution in [0.4, 0.5) is 5.69 Å². The molecule has 1 N–H and O–H groups in total. The monoisotopic (exact) mass is 411 g/mol. The molecular formula is C22H21NO7. The molecule has 0 aromatic heterocycles. The Hall–Kier alpha value is -3.81. The van der Waals surface area contributed by atoms with E-state index in [4.69, 9.17) is 18.9 Å². The first kappa shape index (κ1) is 20.9. The van der Waals surface area contributed by atoms with Crippen LogP contribution in [0.15, 0.2) is 42.5 Å². The zero-order valence-electron chi connectivity index (χ0n) is 16.6. The Kier molecular flexibility index (Phi) is 6.69. The topological polar surface area (TPSA) is 100 Å². The number of amides is 1. The number of carbonyl (C=O) groups excluding carboxylic acids is 3. The Balaban J connectivity index is 1.53. The highest BCUT2D eigenvalue weighted by Crippen LogP contribution is 2.40. The lowest BCUT2D eigenvalue weighted by Crippen LogP contribution is -2.20. The number of hydrogen-bond acceptors (Lipinski definition) is 7. The van der Waals surface area contributed by atoms with Gasteiger partial charge in [-0.3, -0.25) is 9.59 Å². The third kappa shape index (κ3) is 5.38. The van der Waals surface area contributed by atoms with E-state index in [2.05, 4.69) is 5.32 Å². The molecule has 3 rings (SSSR count). The summed E-state index contributed by atoms with van der Waals surface area (Å²) in [5, 5.41) is 2.59. The quantitative estimate of drug-likeness (QED) is 0.425. The number of ether oxygens (including phenoxy) is 4. The summed E-state index contributed by atoms with van der Waals surface area (Å²) in [6.07, 6.45) is 2.74. The molecule has 1 amide bonds. The molecule has 156 valence electrons. The average Bonchev–Trinajstić information content (AvgIpc) is 2.76. The molecule has 2 aromatic rings. The summed E-state index contributed by atoms with van der Waals surface area (Å²) in [6.45, 7) is 1.88. The number of Topliss-reactive ketones (excluding diaryl/α,β-unsaturated/α-hetero) is 1. The van der Waals surface area contributed by atoms with Crippen LogP contribution in [-0.2, 0) is 14.3 Å². The summed E-state index contributed by atoms with van der Waals surface area (Å²) in [6, 6.07) is 9.84. The van der Waals surface area contributed by atoms with E-state index in [1.165, 1.54) is 26.2 Å². The number of rotatable bonds is 7. The Morgan fingerprint density at radius 2 is 1.83 bits per heavy atom. The number of methoxy groups -OCH3 is 1. The molecule has 1 aliphatic heterocycles. The third-order valence-electron chi connectivity index (χ3n) is 4.18. The predicted octanol–water partition coefficient (Wildman–Crippen LogP) is 2.86. The van der Waals surface area contributed by atoms with Gasteiger partial charge in [0.2, 0.25) is 5.75 Å². The van der Waals surface area contributed by atoms with Gasteiger partial charge in [-0.05, 0) is 55.0 Å². The summed E-state index contributed by atoms with van der Waals surface area (Å²) < 4.78 is 21.3. The van der Waals surface area contributed by atoms with Crippen molar-refractivity contribution in [3.05, 3.63) is 53.6 Å². The van der Waals surface area contributed by atoms with Gasteiger partial charge in [-0.1, -0.05) is 0 Å². The molecule has 0 unspecified atom stereocenters. The highest BCUT2D eigenvalue weighted by atomic mass is 16.6. The van der Waals surface area contributed by atoms with Gasteiger partial charge in [0, 0.05) is 17.3 Å².